The predicted octanol–water partition coefficient (Wildman–Crippen LogP) is 2.54. The van der Waals surface area contributed by atoms with E-state index in [4.69, 9.17) is 4.74 Å². The van der Waals surface area contributed by atoms with Crippen LogP contribution in [0.4, 0.5) is 0 Å². The van der Waals surface area contributed by atoms with Gasteiger partial charge in [0.25, 0.3) is 0 Å². The van der Waals surface area contributed by atoms with Gasteiger partial charge in [-0.15, -0.1) is 5.10 Å². The fourth-order valence-electron chi connectivity index (χ4n) is 1.90. The van der Waals surface area contributed by atoms with Gasteiger partial charge in [-0.05, 0) is 25.2 Å². The Balaban J connectivity index is 1.81. The van der Waals surface area contributed by atoms with Gasteiger partial charge in [0.15, 0.2) is 0 Å². The molecule has 0 bridgehead atoms. The molecule has 3 aromatic rings. The van der Waals surface area contributed by atoms with Crippen LogP contribution < -0.4 is 10.1 Å². The van der Waals surface area contributed by atoms with Crippen LogP contribution in [0.15, 0.2) is 48.7 Å². The molecular formula is C15H14N4O. The van der Waals surface area contributed by atoms with E-state index in [0.717, 1.165) is 16.6 Å². The maximum Gasteiger partial charge on any atom is 0.238 e. The summed E-state index contributed by atoms with van der Waals surface area (Å²) in [5.74, 6) is 1.11. The maximum atomic E-state index is 5.66. The van der Waals surface area contributed by atoms with Gasteiger partial charge in [-0.1, -0.05) is 18.2 Å². The summed E-state index contributed by atoms with van der Waals surface area (Å²) < 4.78 is 5.66. The second-order valence-corrected chi connectivity index (χ2v) is 4.36. The Morgan fingerprint density at radius 3 is 2.80 bits per heavy atom. The van der Waals surface area contributed by atoms with E-state index in [9.17, 15) is 0 Å². The van der Waals surface area contributed by atoms with E-state index in [-0.39, 0.29) is 0 Å². The van der Waals surface area contributed by atoms with Crippen LogP contribution in [0.5, 0.6) is 11.6 Å². The van der Waals surface area contributed by atoms with Crippen molar-refractivity contribution in [2.24, 2.45) is 0 Å². The zero-order valence-corrected chi connectivity index (χ0v) is 11.1. The maximum absolute atomic E-state index is 5.66. The average molecular weight is 266 g/mol. The minimum atomic E-state index is 0.460. The lowest BCUT2D eigenvalue weighted by atomic mass is 10.2. The summed E-state index contributed by atoms with van der Waals surface area (Å²) in [4.78, 5) is 4.34. The molecule has 0 unspecified atom stereocenters. The molecular weight excluding hydrogens is 252 g/mol. The molecule has 2 heterocycles. The number of para-hydroxylation sites is 1. The molecule has 20 heavy (non-hydrogen) atoms. The zero-order valence-electron chi connectivity index (χ0n) is 11.1. The smallest absolute Gasteiger partial charge is 0.238 e. The van der Waals surface area contributed by atoms with E-state index < -0.39 is 0 Å². The number of hydrogen-bond donors (Lipinski definition) is 1. The Kier molecular flexibility index (Phi) is 3.52. The highest BCUT2D eigenvalue weighted by Crippen LogP contribution is 2.22. The Morgan fingerprint density at radius 1 is 1.10 bits per heavy atom. The van der Waals surface area contributed by atoms with E-state index >= 15 is 0 Å². The number of hydrogen-bond acceptors (Lipinski definition) is 5. The van der Waals surface area contributed by atoms with Gasteiger partial charge in [0.2, 0.25) is 5.88 Å². The van der Waals surface area contributed by atoms with Crippen molar-refractivity contribution in [2.75, 3.05) is 7.05 Å². The molecule has 5 nitrogen and oxygen atoms in total. The molecule has 1 aromatic carbocycles. The quantitative estimate of drug-likeness (QED) is 0.786. The SMILES string of the molecule is CNCc1ccc(Oc2cnc3ccccc3c2)nn1. The lowest BCUT2D eigenvalue weighted by molar-refractivity contribution is 0.452. The molecule has 3 rings (SSSR count). The average Bonchev–Trinajstić information content (AvgIpc) is 2.49. The summed E-state index contributed by atoms with van der Waals surface area (Å²) in [5, 5.41) is 12.2. The number of nitrogens with one attached hydrogen (secondary N) is 1. The summed E-state index contributed by atoms with van der Waals surface area (Å²) in [6.07, 6.45) is 1.69. The standard InChI is InChI=1S/C15H14N4O/c1-16-9-12-6-7-15(19-18-12)20-13-8-11-4-2-3-5-14(11)17-10-13/h2-8,10,16H,9H2,1H3. The van der Waals surface area contributed by atoms with Crippen LogP contribution in [0, 0.1) is 0 Å². The molecule has 5 heteroatoms. The first-order valence-corrected chi connectivity index (χ1v) is 6.35. The molecule has 0 saturated heterocycles. The Hall–Kier alpha value is -2.53. The second-order valence-electron chi connectivity index (χ2n) is 4.36. The van der Waals surface area contributed by atoms with Crippen molar-refractivity contribution in [2.45, 2.75) is 6.54 Å². The molecule has 2 aromatic heterocycles. The van der Waals surface area contributed by atoms with E-state index in [2.05, 4.69) is 20.5 Å². The highest BCUT2D eigenvalue weighted by Gasteiger charge is 2.02. The summed E-state index contributed by atoms with van der Waals surface area (Å²) in [5.41, 5.74) is 1.81. The molecule has 100 valence electrons. The molecule has 0 fully saturated rings. The van der Waals surface area contributed by atoms with Gasteiger partial charge < -0.3 is 10.1 Å². The van der Waals surface area contributed by atoms with Crippen molar-refractivity contribution in [1.82, 2.24) is 20.5 Å². The Bertz CT molecular complexity index is 712. The third kappa shape index (κ3) is 2.73. The zero-order chi connectivity index (χ0) is 13.8. The minimum Gasteiger partial charge on any atom is -0.436 e. The van der Waals surface area contributed by atoms with E-state index in [1.54, 1.807) is 12.3 Å². The number of nitrogens with zero attached hydrogens (tertiary/aromatic N) is 3. The van der Waals surface area contributed by atoms with Crippen LogP contribution in [0.25, 0.3) is 10.9 Å². The van der Waals surface area contributed by atoms with Crippen LogP contribution in [-0.4, -0.2) is 22.2 Å². The molecule has 0 aliphatic rings. The van der Waals surface area contributed by atoms with E-state index in [1.807, 2.05) is 43.4 Å². The molecule has 0 atom stereocenters. The molecule has 0 radical (unpaired) electrons. The first-order valence-electron chi connectivity index (χ1n) is 6.35. The first kappa shape index (κ1) is 12.5. The number of aromatic nitrogens is 3. The van der Waals surface area contributed by atoms with E-state index in [0.29, 0.717) is 18.2 Å². The fraction of sp³-hybridized carbons (Fsp3) is 0.133. The number of pyridine rings is 1. The summed E-state index contributed by atoms with van der Waals surface area (Å²) in [6.45, 7) is 0.685. The monoisotopic (exact) mass is 266 g/mol. The van der Waals surface area contributed by atoms with Crippen LogP contribution in [0.2, 0.25) is 0 Å². The van der Waals surface area contributed by atoms with Gasteiger partial charge in [-0.25, -0.2) is 0 Å². The fourth-order valence-corrected chi connectivity index (χ4v) is 1.90. The van der Waals surface area contributed by atoms with Crippen LogP contribution >= 0.6 is 0 Å². The van der Waals surface area contributed by atoms with Gasteiger partial charge in [0.05, 0.1) is 17.4 Å². The van der Waals surface area contributed by atoms with Gasteiger partial charge in [-0.2, -0.15) is 5.10 Å². The topological polar surface area (TPSA) is 59.9 Å². The van der Waals surface area contributed by atoms with Crippen LogP contribution in [0.3, 0.4) is 0 Å². The summed E-state index contributed by atoms with van der Waals surface area (Å²) in [6, 6.07) is 13.5. The molecule has 0 aliphatic heterocycles. The molecule has 0 amide bonds. The predicted molar refractivity (Wildman–Crippen MR) is 76.6 cm³/mol. The first-order chi connectivity index (χ1) is 9.85. The van der Waals surface area contributed by atoms with Crippen molar-refractivity contribution >= 4 is 10.9 Å². The van der Waals surface area contributed by atoms with Crippen molar-refractivity contribution in [3.63, 3.8) is 0 Å². The lowest BCUT2D eigenvalue weighted by Gasteiger charge is -2.05. The highest BCUT2D eigenvalue weighted by atomic mass is 16.5. The number of rotatable bonds is 4. The van der Waals surface area contributed by atoms with E-state index in [1.165, 1.54) is 0 Å². The number of benzene rings is 1. The minimum absolute atomic E-state index is 0.460. The second kappa shape index (κ2) is 5.63. The highest BCUT2D eigenvalue weighted by molar-refractivity contribution is 5.79. The Labute approximate surface area is 116 Å². The molecule has 0 spiro atoms. The molecule has 0 saturated carbocycles. The van der Waals surface area contributed by atoms with Gasteiger partial charge in [0, 0.05) is 18.0 Å². The Morgan fingerprint density at radius 2 is 2.00 bits per heavy atom. The lowest BCUT2D eigenvalue weighted by Crippen LogP contribution is -2.07. The van der Waals surface area contributed by atoms with Gasteiger partial charge in [0.1, 0.15) is 5.75 Å². The molecule has 1 N–H and O–H groups in total. The van der Waals surface area contributed by atoms with Crippen molar-refractivity contribution in [1.29, 1.82) is 0 Å². The van der Waals surface area contributed by atoms with Gasteiger partial charge >= 0.3 is 0 Å². The summed E-state index contributed by atoms with van der Waals surface area (Å²) in [7, 11) is 1.87. The third-order valence-electron chi connectivity index (χ3n) is 2.84. The number of ether oxygens (including phenoxy) is 1. The van der Waals surface area contributed by atoms with Crippen molar-refractivity contribution in [3.8, 4) is 11.6 Å². The van der Waals surface area contributed by atoms with Crippen LogP contribution in [0.1, 0.15) is 5.69 Å². The normalized spacial score (nSPS) is 10.7. The molecule has 0 aliphatic carbocycles. The van der Waals surface area contributed by atoms with Gasteiger partial charge in [-0.3, -0.25) is 4.98 Å². The third-order valence-corrected chi connectivity index (χ3v) is 2.84. The van der Waals surface area contributed by atoms with Crippen LogP contribution in [-0.2, 0) is 6.54 Å². The summed E-state index contributed by atoms with van der Waals surface area (Å²) >= 11 is 0. The number of fused-ring (bicyclic) bond motifs is 1. The largest absolute Gasteiger partial charge is 0.436 e. The van der Waals surface area contributed by atoms with Crippen molar-refractivity contribution in [3.05, 3.63) is 54.4 Å². The van der Waals surface area contributed by atoms with Crippen molar-refractivity contribution < 1.29 is 4.74 Å².